The summed E-state index contributed by atoms with van der Waals surface area (Å²) in [5.41, 5.74) is 15.6. The molecule has 0 radical (unpaired) electrons. The molecule has 9 heteroatoms. The largest absolute Gasteiger partial charge is 0.384 e. The van der Waals surface area contributed by atoms with E-state index in [2.05, 4.69) is 5.32 Å². The molecule has 0 saturated carbocycles. The summed E-state index contributed by atoms with van der Waals surface area (Å²) in [6.07, 6.45) is 1.78. The third-order valence-electron chi connectivity index (χ3n) is 6.79. The lowest BCUT2D eigenvalue weighted by Gasteiger charge is -2.27. The zero-order chi connectivity index (χ0) is 25.5. The number of rotatable bonds is 9. The summed E-state index contributed by atoms with van der Waals surface area (Å²) in [5, 5.41) is 10.5. The maximum Gasteiger partial charge on any atom is 0.243 e. The van der Waals surface area contributed by atoms with Crippen LogP contribution in [0.2, 0.25) is 0 Å². The number of amidine groups is 1. The first-order valence-corrected chi connectivity index (χ1v) is 12.3. The number of likely N-dealkylation sites (tertiary alicyclic amines) is 1. The van der Waals surface area contributed by atoms with Gasteiger partial charge in [-0.2, -0.15) is 0 Å². The second kappa shape index (κ2) is 14.5. The Bertz CT molecular complexity index is 1190. The Labute approximate surface area is 236 Å². The number of amides is 2. The van der Waals surface area contributed by atoms with Crippen molar-refractivity contribution in [2.45, 2.75) is 43.8 Å². The molecule has 3 aromatic carbocycles. The monoisotopic (exact) mass is 555 g/mol. The van der Waals surface area contributed by atoms with Crippen LogP contribution in [0, 0.1) is 5.41 Å². The van der Waals surface area contributed by atoms with Crippen LogP contribution >= 0.6 is 24.8 Å². The van der Waals surface area contributed by atoms with E-state index in [0.29, 0.717) is 37.9 Å². The van der Waals surface area contributed by atoms with Crippen molar-refractivity contribution in [3.05, 3.63) is 107 Å². The summed E-state index contributed by atoms with van der Waals surface area (Å²) >= 11 is 0. The molecule has 7 nitrogen and oxygen atoms in total. The van der Waals surface area contributed by atoms with Crippen LogP contribution in [0.25, 0.3) is 0 Å². The molecule has 1 aliphatic rings. The van der Waals surface area contributed by atoms with Crippen molar-refractivity contribution in [2.24, 2.45) is 11.5 Å². The van der Waals surface area contributed by atoms with Gasteiger partial charge in [-0.15, -0.1) is 24.8 Å². The van der Waals surface area contributed by atoms with Gasteiger partial charge in [0.05, 0.1) is 6.04 Å². The first-order valence-electron chi connectivity index (χ1n) is 12.3. The standard InChI is InChI=1S/C29H33N5O2.2ClH/c30-25(16-13-20-7-3-1-4-8-20)29(36)34-19-24(22-9-5-2-6-10-22)17-26(34)28(35)33-18-21-11-14-23(15-12-21)27(31)32;;/h1-12,14-15,24-26H,13,16-19,30H2,(H3,31,32)(H,33,35);2*1H/t24?,25-,26+;;/m1../s1. The van der Waals surface area contributed by atoms with E-state index in [1.807, 2.05) is 72.8 Å². The Balaban J connectivity index is 0.00000253. The third-order valence-corrected chi connectivity index (χ3v) is 6.79. The second-order valence-electron chi connectivity index (χ2n) is 9.31. The number of halogens is 2. The lowest BCUT2D eigenvalue weighted by molar-refractivity contribution is -0.139. The van der Waals surface area contributed by atoms with Crippen molar-refractivity contribution in [2.75, 3.05) is 6.54 Å². The highest BCUT2D eigenvalue weighted by molar-refractivity contribution is 5.95. The van der Waals surface area contributed by atoms with Crippen LogP contribution in [-0.2, 0) is 22.6 Å². The maximum absolute atomic E-state index is 13.4. The Morgan fingerprint density at radius 1 is 0.921 bits per heavy atom. The van der Waals surface area contributed by atoms with Crippen LogP contribution < -0.4 is 16.8 Å². The normalized spacial score (nSPS) is 17.0. The molecule has 3 aromatic rings. The van der Waals surface area contributed by atoms with Crippen LogP contribution in [0.3, 0.4) is 0 Å². The Morgan fingerprint density at radius 3 is 2.13 bits per heavy atom. The SMILES string of the molecule is Cl.Cl.N=C(N)c1ccc(CNC(=O)[C@@H]2CC(c3ccccc3)CN2C(=O)[C@H](N)CCc2ccccc2)cc1. The van der Waals surface area contributed by atoms with Gasteiger partial charge in [0, 0.05) is 24.6 Å². The first-order chi connectivity index (χ1) is 17.4. The minimum absolute atomic E-state index is 0. The Morgan fingerprint density at radius 2 is 1.53 bits per heavy atom. The number of nitrogen functional groups attached to an aromatic ring is 1. The van der Waals surface area contributed by atoms with E-state index in [-0.39, 0.29) is 48.4 Å². The number of aryl methyl sites for hydroxylation is 1. The average molecular weight is 557 g/mol. The fourth-order valence-corrected chi connectivity index (χ4v) is 4.71. The fourth-order valence-electron chi connectivity index (χ4n) is 4.71. The van der Waals surface area contributed by atoms with Gasteiger partial charge in [-0.1, -0.05) is 84.9 Å². The molecule has 3 atom stereocenters. The molecular weight excluding hydrogens is 521 g/mol. The molecule has 1 unspecified atom stereocenters. The number of nitrogens with zero attached hydrogens (tertiary/aromatic N) is 1. The summed E-state index contributed by atoms with van der Waals surface area (Å²) in [5.74, 6) is -0.300. The minimum Gasteiger partial charge on any atom is -0.384 e. The number of nitrogens with two attached hydrogens (primary N) is 2. The quantitative estimate of drug-likeness (QED) is 0.237. The van der Waals surface area contributed by atoms with Gasteiger partial charge in [-0.25, -0.2) is 0 Å². The van der Waals surface area contributed by atoms with Crippen molar-refractivity contribution >= 4 is 42.5 Å². The van der Waals surface area contributed by atoms with Gasteiger partial charge in [-0.05, 0) is 36.0 Å². The van der Waals surface area contributed by atoms with Crippen molar-refractivity contribution in [1.29, 1.82) is 5.41 Å². The van der Waals surface area contributed by atoms with Gasteiger partial charge in [0.25, 0.3) is 0 Å². The topological polar surface area (TPSA) is 125 Å². The number of carbonyl (C=O) groups is 2. The van der Waals surface area contributed by atoms with Gasteiger partial charge in [0.1, 0.15) is 11.9 Å². The van der Waals surface area contributed by atoms with E-state index in [9.17, 15) is 9.59 Å². The van der Waals surface area contributed by atoms with E-state index in [1.165, 1.54) is 0 Å². The maximum atomic E-state index is 13.4. The van der Waals surface area contributed by atoms with E-state index >= 15 is 0 Å². The molecule has 1 saturated heterocycles. The molecule has 6 N–H and O–H groups in total. The number of carbonyl (C=O) groups excluding carboxylic acids is 2. The predicted molar refractivity (Wildman–Crippen MR) is 156 cm³/mol. The first kappa shape index (κ1) is 30.8. The van der Waals surface area contributed by atoms with Crippen LogP contribution in [0.5, 0.6) is 0 Å². The van der Waals surface area contributed by atoms with Gasteiger partial charge >= 0.3 is 0 Å². The lowest BCUT2D eigenvalue weighted by Crippen LogP contribution is -2.51. The van der Waals surface area contributed by atoms with E-state index in [4.69, 9.17) is 16.9 Å². The van der Waals surface area contributed by atoms with Crippen molar-refractivity contribution in [3.8, 4) is 0 Å². The molecule has 202 valence electrons. The molecule has 0 spiro atoms. The van der Waals surface area contributed by atoms with Crippen molar-refractivity contribution in [1.82, 2.24) is 10.2 Å². The van der Waals surface area contributed by atoms with Crippen LogP contribution in [0.1, 0.15) is 41.0 Å². The lowest BCUT2D eigenvalue weighted by atomic mass is 9.96. The zero-order valence-electron chi connectivity index (χ0n) is 21.1. The van der Waals surface area contributed by atoms with Crippen molar-refractivity contribution in [3.63, 3.8) is 0 Å². The zero-order valence-corrected chi connectivity index (χ0v) is 22.7. The average Bonchev–Trinajstić information content (AvgIpc) is 3.37. The number of hydrogen-bond donors (Lipinski definition) is 4. The summed E-state index contributed by atoms with van der Waals surface area (Å²) < 4.78 is 0. The van der Waals surface area contributed by atoms with Crippen molar-refractivity contribution < 1.29 is 9.59 Å². The molecule has 2 amide bonds. The minimum atomic E-state index is -0.672. The number of nitrogens with one attached hydrogen (secondary N) is 2. The van der Waals surface area contributed by atoms with Gasteiger partial charge < -0.3 is 21.7 Å². The molecule has 1 heterocycles. The fraction of sp³-hybridized carbons (Fsp3) is 0.276. The number of hydrogen-bond acceptors (Lipinski definition) is 4. The molecular formula is C29H35Cl2N5O2. The summed E-state index contributed by atoms with van der Waals surface area (Å²) in [6, 6.07) is 25.9. The summed E-state index contributed by atoms with van der Waals surface area (Å²) in [7, 11) is 0. The summed E-state index contributed by atoms with van der Waals surface area (Å²) in [6.45, 7) is 0.791. The second-order valence-corrected chi connectivity index (χ2v) is 9.31. The van der Waals surface area contributed by atoms with E-state index in [1.54, 1.807) is 17.0 Å². The highest BCUT2D eigenvalue weighted by atomic mass is 35.5. The van der Waals surface area contributed by atoms with Crippen LogP contribution in [0.4, 0.5) is 0 Å². The predicted octanol–water partition coefficient (Wildman–Crippen LogP) is 3.78. The Hall–Kier alpha value is -3.39. The van der Waals surface area contributed by atoms with Crippen LogP contribution in [-0.4, -0.2) is 41.2 Å². The molecule has 38 heavy (non-hydrogen) atoms. The van der Waals surface area contributed by atoms with Gasteiger partial charge in [0.2, 0.25) is 11.8 Å². The molecule has 0 bridgehead atoms. The number of benzene rings is 3. The molecule has 0 aromatic heterocycles. The molecule has 0 aliphatic carbocycles. The molecule has 1 aliphatic heterocycles. The van der Waals surface area contributed by atoms with Gasteiger partial charge in [0.15, 0.2) is 0 Å². The molecule has 1 fully saturated rings. The summed E-state index contributed by atoms with van der Waals surface area (Å²) in [4.78, 5) is 28.4. The van der Waals surface area contributed by atoms with E-state index in [0.717, 1.165) is 16.7 Å². The highest BCUT2D eigenvalue weighted by Gasteiger charge is 2.41. The Kier molecular flexibility index (Phi) is 11.8. The van der Waals surface area contributed by atoms with Gasteiger partial charge in [-0.3, -0.25) is 15.0 Å². The smallest absolute Gasteiger partial charge is 0.243 e. The molecule has 4 rings (SSSR count). The van der Waals surface area contributed by atoms with Crippen LogP contribution in [0.15, 0.2) is 84.9 Å². The highest BCUT2D eigenvalue weighted by Crippen LogP contribution is 2.32. The third kappa shape index (κ3) is 7.81. The van der Waals surface area contributed by atoms with E-state index < -0.39 is 12.1 Å².